The maximum atomic E-state index is 13.9. The molecule has 0 heterocycles. The van der Waals surface area contributed by atoms with Crippen LogP contribution in [0.3, 0.4) is 0 Å². The van der Waals surface area contributed by atoms with E-state index < -0.39 is 87.5 Å². The molecule has 11 nitrogen and oxygen atoms in total. The molecular weight excluding hydrogens is 484 g/mol. The molecule has 2 saturated carbocycles. The summed E-state index contributed by atoms with van der Waals surface area (Å²) in [6, 6.07) is -0.117. The van der Waals surface area contributed by atoms with Crippen LogP contribution >= 0.6 is 0 Å². The minimum atomic E-state index is -3.06. The molecule has 0 bridgehead atoms. The molecule has 8 atom stereocenters. The minimum absolute atomic E-state index is 0.0268. The third-order valence-corrected chi connectivity index (χ3v) is 8.37. The number of aliphatic hydroxyl groups is 2. The van der Waals surface area contributed by atoms with E-state index in [0.717, 1.165) is 0 Å². The minimum Gasteiger partial charge on any atom is -0.508 e. The fourth-order valence-electron chi connectivity index (χ4n) is 6.68. The zero-order chi connectivity index (χ0) is 28.1. The van der Waals surface area contributed by atoms with Crippen molar-refractivity contribution in [3.63, 3.8) is 0 Å². The van der Waals surface area contributed by atoms with Crippen LogP contribution in [-0.4, -0.2) is 86.2 Å². The number of aromatic hydroxyl groups is 2. The molecule has 0 saturated heterocycles. The van der Waals surface area contributed by atoms with Crippen molar-refractivity contribution in [3.8, 4) is 11.5 Å². The Morgan fingerprint density at radius 3 is 2.14 bits per heavy atom. The van der Waals surface area contributed by atoms with Crippen LogP contribution in [0.1, 0.15) is 55.1 Å². The lowest BCUT2D eigenvalue weighted by Crippen LogP contribution is -2.77. The van der Waals surface area contributed by atoms with Gasteiger partial charge in [-0.2, -0.15) is 0 Å². The van der Waals surface area contributed by atoms with Gasteiger partial charge in [0.1, 0.15) is 11.5 Å². The lowest BCUT2D eigenvalue weighted by Gasteiger charge is -2.56. The number of nitrogens with zero attached hydrogens (tertiary/aromatic N) is 1. The fraction of sp³-hybridized carbons (Fsp3) is 0.577. The SMILES string of the molecule is C[C@H]1c2c(O)cc(C(C)(C)C)c(O)c2C(=O)C2C(=O)[C@]3(O)C(=O)C(C(N)=O)C(=O)[C@@H](N(C)C)[C@@H]3[C@@H](O)[C@@H]21. The van der Waals surface area contributed by atoms with Gasteiger partial charge in [0.25, 0.3) is 0 Å². The third kappa shape index (κ3) is 3.33. The third-order valence-electron chi connectivity index (χ3n) is 8.37. The molecule has 1 aromatic rings. The van der Waals surface area contributed by atoms with Crippen molar-refractivity contribution in [2.24, 2.45) is 29.4 Å². The molecule has 2 fully saturated rings. The van der Waals surface area contributed by atoms with Crippen LogP contribution in [0.5, 0.6) is 11.5 Å². The molecule has 0 spiro atoms. The van der Waals surface area contributed by atoms with E-state index in [1.54, 1.807) is 27.7 Å². The zero-order valence-electron chi connectivity index (χ0n) is 21.5. The summed E-state index contributed by atoms with van der Waals surface area (Å²) in [6.07, 6.45) is -1.75. The van der Waals surface area contributed by atoms with E-state index in [4.69, 9.17) is 5.73 Å². The Bertz CT molecular complexity index is 1260. The topological polar surface area (TPSA) is 196 Å². The second-order valence-electron chi connectivity index (χ2n) is 11.7. The van der Waals surface area contributed by atoms with E-state index in [2.05, 4.69) is 0 Å². The molecule has 0 radical (unpaired) electrons. The molecule has 37 heavy (non-hydrogen) atoms. The normalized spacial score (nSPS) is 35.8. The molecule has 2 unspecified atom stereocenters. The number of amides is 1. The van der Waals surface area contributed by atoms with Gasteiger partial charge in [-0.1, -0.05) is 27.7 Å². The molecule has 1 amide bonds. The summed E-state index contributed by atoms with van der Waals surface area (Å²) >= 11 is 0. The number of rotatable bonds is 2. The maximum absolute atomic E-state index is 13.9. The number of carbonyl (C=O) groups excluding carboxylic acids is 5. The van der Waals surface area contributed by atoms with Gasteiger partial charge in [-0.3, -0.25) is 28.9 Å². The molecule has 0 aliphatic heterocycles. The quantitative estimate of drug-likeness (QED) is 0.250. The number of aliphatic hydroxyl groups excluding tert-OH is 1. The van der Waals surface area contributed by atoms with Crippen LogP contribution in [-0.2, 0) is 24.6 Å². The van der Waals surface area contributed by atoms with E-state index in [1.165, 1.54) is 25.1 Å². The van der Waals surface area contributed by atoms with Gasteiger partial charge in [-0.05, 0) is 31.5 Å². The van der Waals surface area contributed by atoms with Crippen molar-refractivity contribution in [2.75, 3.05) is 14.1 Å². The maximum Gasteiger partial charge on any atom is 0.235 e. The van der Waals surface area contributed by atoms with E-state index >= 15 is 0 Å². The zero-order valence-corrected chi connectivity index (χ0v) is 21.5. The van der Waals surface area contributed by atoms with Gasteiger partial charge in [0.15, 0.2) is 34.7 Å². The summed E-state index contributed by atoms with van der Waals surface area (Å²) in [4.78, 5) is 67.6. The molecule has 200 valence electrons. The number of likely N-dealkylation sites (N-methyl/N-ethyl adjacent to an activating group) is 1. The summed E-state index contributed by atoms with van der Waals surface area (Å²) in [6.45, 7) is 6.79. The molecule has 6 N–H and O–H groups in total. The molecule has 0 aromatic heterocycles. The van der Waals surface area contributed by atoms with Gasteiger partial charge in [0, 0.05) is 17.0 Å². The number of nitrogens with two attached hydrogens (primary N) is 1. The summed E-state index contributed by atoms with van der Waals surface area (Å²) < 4.78 is 0. The number of benzene rings is 1. The van der Waals surface area contributed by atoms with Crippen molar-refractivity contribution in [3.05, 3.63) is 22.8 Å². The Balaban J connectivity index is 2.00. The highest BCUT2D eigenvalue weighted by Crippen LogP contribution is 2.56. The average Bonchev–Trinajstić information content (AvgIpc) is 2.76. The number of fused-ring (bicyclic) bond motifs is 3. The lowest BCUT2D eigenvalue weighted by atomic mass is 9.49. The van der Waals surface area contributed by atoms with Crippen molar-refractivity contribution in [1.29, 1.82) is 0 Å². The molecule has 11 heteroatoms. The standard InChI is InChI=1S/C26H32N2O9/c1-8-11-10(29)7-9(25(2,3)4)18(30)13(11)19(31)14-12(8)20(32)16-17(28(5)6)21(33)15(24(27)36)23(35)26(16,37)22(14)34/h7-8,12,14-17,20,29-30,32,37H,1-6H3,(H2,27,36)/t8-,12+,14?,15?,16+,17-,20-,26-/m0/s1. The van der Waals surface area contributed by atoms with Gasteiger partial charge >= 0.3 is 0 Å². The van der Waals surface area contributed by atoms with Crippen molar-refractivity contribution >= 4 is 29.0 Å². The number of primary amides is 1. The molecule has 3 aliphatic rings. The van der Waals surface area contributed by atoms with Gasteiger partial charge in [-0.15, -0.1) is 0 Å². The number of hydrogen-bond donors (Lipinski definition) is 5. The van der Waals surface area contributed by atoms with Crippen molar-refractivity contribution in [1.82, 2.24) is 4.90 Å². The van der Waals surface area contributed by atoms with Gasteiger partial charge in [-0.25, -0.2) is 0 Å². The first-order valence-corrected chi connectivity index (χ1v) is 12.0. The van der Waals surface area contributed by atoms with Crippen molar-refractivity contribution in [2.45, 2.75) is 56.8 Å². The van der Waals surface area contributed by atoms with Crippen LogP contribution < -0.4 is 5.73 Å². The Hall–Kier alpha value is -3.15. The second kappa shape index (κ2) is 8.17. The lowest BCUT2D eigenvalue weighted by molar-refractivity contribution is -0.196. The highest BCUT2D eigenvalue weighted by atomic mass is 16.3. The smallest absolute Gasteiger partial charge is 0.235 e. The number of Topliss-reactive ketones (excluding diaryl/α,β-unsaturated/α-hetero) is 4. The Morgan fingerprint density at radius 1 is 1.08 bits per heavy atom. The first-order chi connectivity index (χ1) is 16.9. The van der Waals surface area contributed by atoms with Crippen LogP contribution in [0.15, 0.2) is 6.07 Å². The van der Waals surface area contributed by atoms with E-state index in [9.17, 15) is 44.4 Å². The molecular formula is C26H32N2O9. The monoisotopic (exact) mass is 516 g/mol. The average molecular weight is 517 g/mol. The number of ketones is 4. The summed E-state index contributed by atoms with van der Waals surface area (Å²) in [7, 11) is 2.84. The summed E-state index contributed by atoms with van der Waals surface area (Å²) in [5.41, 5.74) is 1.48. The van der Waals surface area contributed by atoms with Gasteiger partial charge in [0.2, 0.25) is 5.91 Å². The van der Waals surface area contributed by atoms with E-state index in [-0.39, 0.29) is 22.4 Å². The Morgan fingerprint density at radius 2 is 1.65 bits per heavy atom. The number of phenolic OH excluding ortho intramolecular Hbond substituents is 2. The Labute approximate surface area is 213 Å². The molecule has 4 rings (SSSR count). The highest BCUT2D eigenvalue weighted by Gasteiger charge is 2.73. The predicted molar refractivity (Wildman–Crippen MR) is 128 cm³/mol. The largest absolute Gasteiger partial charge is 0.508 e. The highest BCUT2D eigenvalue weighted by molar-refractivity contribution is 6.32. The Kier molecular flexibility index (Phi) is 5.94. The van der Waals surface area contributed by atoms with Crippen LogP contribution in [0.25, 0.3) is 0 Å². The molecule has 1 aromatic carbocycles. The summed E-state index contributed by atoms with van der Waals surface area (Å²) in [5, 5.41) is 45.2. The number of phenols is 2. The van der Waals surface area contributed by atoms with Crippen LogP contribution in [0, 0.1) is 23.7 Å². The number of carbonyl (C=O) groups is 5. The number of hydrogen-bond acceptors (Lipinski definition) is 10. The van der Waals surface area contributed by atoms with Gasteiger partial charge < -0.3 is 26.2 Å². The van der Waals surface area contributed by atoms with Crippen LogP contribution in [0.4, 0.5) is 0 Å². The predicted octanol–water partition coefficient (Wildman–Crippen LogP) is -0.598. The fourth-order valence-corrected chi connectivity index (χ4v) is 6.68. The summed E-state index contributed by atoms with van der Waals surface area (Å²) in [5.74, 6) is -14.6. The first kappa shape index (κ1) is 26.9. The van der Waals surface area contributed by atoms with E-state index in [0.29, 0.717) is 0 Å². The first-order valence-electron chi connectivity index (χ1n) is 12.0. The van der Waals surface area contributed by atoms with Crippen molar-refractivity contribution < 1.29 is 44.4 Å². The van der Waals surface area contributed by atoms with Crippen LogP contribution in [0.2, 0.25) is 0 Å². The second-order valence-corrected chi connectivity index (χ2v) is 11.7. The molecule has 3 aliphatic carbocycles. The van der Waals surface area contributed by atoms with E-state index in [1.807, 2.05) is 0 Å². The van der Waals surface area contributed by atoms with Gasteiger partial charge in [0.05, 0.1) is 29.5 Å².